The van der Waals surface area contributed by atoms with Crippen LogP contribution in [0.25, 0.3) is 0 Å². The number of nitrogens with one attached hydrogen (secondary N) is 2. The van der Waals surface area contributed by atoms with E-state index in [1.165, 1.54) is 0 Å². The molecule has 20 heavy (non-hydrogen) atoms. The first-order valence-corrected chi connectivity index (χ1v) is 7.28. The predicted molar refractivity (Wildman–Crippen MR) is 88.3 cm³/mol. The Hall–Kier alpha value is -1.33. The smallest absolute Gasteiger partial charge is 0.221 e. The van der Waals surface area contributed by atoms with E-state index in [1.807, 2.05) is 6.07 Å². The van der Waals surface area contributed by atoms with E-state index in [-0.39, 0.29) is 10.9 Å². The van der Waals surface area contributed by atoms with Gasteiger partial charge in [0.25, 0.3) is 0 Å². The Morgan fingerprint density at radius 1 is 1.45 bits per heavy atom. The molecule has 0 bridgehead atoms. The molecular weight excluding hydrogens is 294 g/mol. The van der Waals surface area contributed by atoms with E-state index in [4.69, 9.17) is 29.6 Å². The van der Waals surface area contributed by atoms with Gasteiger partial charge in [0.05, 0.1) is 0 Å². The van der Waals surface area contributed by atoms with E-state index in [0.717, 1.165) is 5.69 Å². The van der Waals surface area contributed by atoms with E-state index >= 15 is 0 Å². The molecule has 0 radical (unpaired) electrons. The van der Waals surface area contributed by atoms with E-state index in [1.54, 1.807) is 12.1 Å². The highest BCUT2D eigenvalue weighted by Gasteiger charge is 2.07. The minimum Gasteiger partial charge on any atom is -0.389 e. The van der Waals surface area contributed by atoms with Gasteiger partial charge >= 0.3 is 0 Å². The molecule has 0 heterocycles. The number of thiocarbonyl (C=S) groups is 1. The summed E-state index contributed by atoms with van der Waals surface area (Å²) in [4.78, 5) is 11.9. The Labute approximate surface area is 130 Å². The quantitative estimate of drug-likeness (QED) is 0.677. The zero-order valence-corrected chi connectivity index (χ0v) is 13.3. The number of anilines is 1. The fourth-order valence-corrected chi connectivity index (χ4v) is 1.93. The van der Waals surface area contributed by atoms with E-state index in [0.29, 0.717) is 36.0 Å². The van der Waals surface area contributed by atoms with Crippen molar-refractivity contribution in [1.29, 1.82) is 0 Å². The number of amides is 1. The Kier molecular flexibility index (Phi) is 6.75. The van der Waals surface area contributed by atoms with E-state index < -0.39 is 0 Å². The highest BCUT2D eigenvalue weighted by atomic mass is 35.5. The highest BCUT2D eigenvalue weighted by molar-refractivity contribution is 7.80. The van der Waals surface area contributed by atoms with Gasteiger partial charge in [-0.15, -0.1) is 0 Å². The molecule has 1 aromatic rings. The van der Waals surface area contributed by atoms with Crippen LogP contribution in [-0.4, -0.2) is 24.0 Å². The Balaban J connectivity index is 2.50. The average Bonchev–Trinajstić information content (AvgIpc) is 2.37. The molecule has 110 valence electrons. The maximum Gasteiger partial charge on any atom is 0.221 e. The van der Waals surface area contributed by atoms with Crippen LogP contribution in [0.4, 0.5) is 5.69 Å². The van der Waals surface area contributed by atoms with Crippen LogP contribution < -0.4 is 16.4 Å². The van der Waals surface area contributed by atoms with Crippen LogP contribution >= 0.6 is 23.8 Å². The maximum atomic E-state index is 11.6. The first-order valence-electron chi connectivity index (χ1n) is 6.50. The first kappa shape index (κ1) is 16.7. The van der Waals surface area contributed by atoms with Gasteiger partial charge in [-0.1, -0.05) is 37.7 Å². The fourth-order valence-electron chi connectivity index (χ4n) is 1.59. The van der Waals surface area contributed by atoms with E-state index in [2.05, 4.69) is 24.5 Å². The maximum absolute atomic E-state index is 11.6. The van der Waals surface area contributed by atoms with Crippen LogP contribution in [-0.2, 0) is 4.79 Å². The molecule has 6 heteroatoms. The molecule has 1 aromatic carbocycles. The summed E-state index contributed by atoms with van der Waals surface area (Å²) in [5, 5.41) is 6.59. The van der Waals surface area contributed by atoms with Crippen molar-refractivity contribution in [2.24, 2.45) is 11.7 Å². The van der Waals surface area contributed by atoms with Crippen molar-refractivity contribution >= 4 is 40.4 Å². The zero-order chi connectivity index (χ0) is 15.1. The van der Waals surface area contributed by atoms with Crippen LogP contribution in [0.5, 0.6) is 0 Å². The Bertz CT molecular complexity index is 491. The number of carbonyl (C=O) groups is 1. The number of carbonyl (C=O) groups excluding carboxylic acids is 1. The SMILES string of the molecule is CC(C)CNC(=O)CCNc1ccc(Cl)cc1C(N)=S. The molecule has 0 aliphatic rings. The Morgan fingerprint density at radius 2 is 2.15 bits per heavy atom. The summed E-state index contributed by atoms with van der Waals surface area (Å²) in [6.45, 7) is 5.32. The number of hydrogen-bond acceptors (Lipinski definition) is 3. The lowest BCUT2D eigenvalue weighted by atomic mass is 10.1. The van der Waals surface area contributed by atoms with Gasteiger partial charge in [-0.25, -0.2) is 0 Å². The lowest BCUT2D eigenvalue weighted by Gasteiger charge is -2.12. The van der Waals surface area contributed by atoms with Crippen molar-refractivity contribution in [3.63, 3.8) is 0 Å². The topological polar surface area (TPSA) is 67.2 Å². The van der Waals surface area contributed by atoms with Crippen LogP contribution in [0.15, 0.2) is 18.2 Å². The highest BCUT2D eigenvalue weighted by Crippen LogP contribution is 2.20. The molecule has 0 atom stereocenters. The van der Waals surface area contributed by atoms with Crippen molar-refractivity contribution in [3.8, 4) is 0 Å². The first-order chi connectivity index (χ1) is 9.40. The van der Waals surface area contributed by atoms with Crippen molar-refractivity contribution in [1.82, 2.24) is 5.32 Å². The monoisotopic (exact) mass is 313 g/mol. The molecule has 0 aliphatic heterocycles. The average molecular weight is 314 g/mol. The molecule has 1 amide bonds. The number of nitrogens with two attached hydrogens (primary N) is 1. The van der Waals surface area contributed by atoms with Crippen molar-refractivity contribution in [2.75, 3.05) is 18.4 Å². The number of benzene rings is 1. The number of rotatable bonds is 7. The Morgan fingerprint density at radius 3 is 2.75 bits per heavy atom. The molecule has 0 fully saturated rings. The third-order valence-corrected chi connectivity index (χ3v) is 3.08. The van der Waals surface area contributed by atoms with Gasteiger partial charge in [-0.3, -0.25) is 4.79 Å². The molecule has 1 rings (SSSR count). The molecule has 0 saturated carbocycles. The van der Waals surface area contributed by atoms with Crippen LogP contribution in [0.2, 0.25) is 5.02 Å². The molecule has 0 aliphatic carbocycles. The number of hydrogen-bond donors (Lipinski definition) is 3. The lowest BCUT2D eigenvalue weighted by Crippen LogP contribution is -2.28. The predicted octanol–water partition coefficient (Wildman–Crippen LogP) is 2.55. The molecule has 0 unspecified atom stereocenters. The minimum absolute atomic E-state index is 0.0250. The second-order valence-electron chi connectivity index (χ2n) is 4.93. The molecule has 0 aromatic heterocycles. The van der Waals surface area contributed by atoms with Crippen molar-refractivity contribution in [2.45, 2.75) is 20.3 Å². The van der Waals surface area contributed by atoms with Crippen molar-refractivity contribution < 1.29 is 4.79 Å². The number of halogens is 1. The van der Waals surface area contributed by atoms with Gasteiger partial charge in [0.2, 0.25) is 5.91 Å². The largest absolute Gasteiger partial charge is 0.389 e. The molecule has 0 spiro atoms. The zero-order valence-electron chi connectivity index (χ0n) is 11.7. The third kappa shape index (κ3) is 5.75. The molecule has 4 N–H and O–H groups in total. The van der Waals surface area contributed by atoms with Crippen LogP contribution in [0.1, 0.15) is 25.8 Å². The summed E-state index contributed by atoms with van der Waals surface area (Å²) >= 11 is 10.9. The van der Waals surface area contributed by atoms with Gasteiger partial charge in [0.15, 0.2) is 0 Å². The fraction of sp³-hybridized carbons (Fsp3) is 0.429. The van der Waals surface area contributed by atoms with Gasteiger partial charge in [0, 0.05) is 35.8 Å². The van der Waals surface area contributed by atoms with Gasteiger partial charge in [-0.05, 0) is 24.1 Å². The van der Waals surface area contributed by atoms with E-state index in [9.17, 15) is 4.79 Å². The summed E-state index contributed by atoms with van der Waals surface area (Å²) in [6.07, 6.45) is 0.395. The standard InChI is InChI=1S/C14H20ClN3OS/c1-9(2)8-18-13(19)5-6-17-12-4-3-10(15)7-11(12)14(16)20/h3-4,7,9,17H,5-6,8H2,1-2H3,(H2,16,20)(H,18,19). The summed E-state index contributed by atoms with van der Waals surface area (Å²) in [5.41, 5.74) is 7.13. The van der Waals surface area contributed by atoms with Crippen molar-refractivity contribution in [3.05, 3.63) is 28.8 Å². The molecular formula is C14H20ClN3OS. The second kappa shape index (κ2) is 8.07. The molecule has 4 nitrogen and oxygen atoms in total. The third-order valence-electron chi connectivity index (χ3n) is 2.62. The van der Waals surface area contributed by atoms with Gasteiger partial charge in [0.1, 0.15) is 4.99 Å². The second-order valence-corrected chi connectivity index (χ2v) is 5.81. The van der Waals surface area contributed by atoms with Crippen LogP contribution in [0, 0.1) is 5.92 Å². The lowest BCUT2D eigenvalue weighted by molar-refractivity contribution is -0.120. The summed E-state index contributed by atoms with van der Waals surface area (Å²) in [5.74, 6) is 0.474. The molecule has 0 saturated heterocycles. The van der Waals surface area contributed by atoms with Crippen LogP contribution in [0.3, 0.4) is 0 Å². The minimum atomic E-state index is 0.0250. The van der Waals surface area contributed by atoms with Gasteiger partial charge < -0.3 is 16.4 Å². The normalized spacial score (nSPS) is 10.4. The summed E-state index contributed by atoms with van der Waals surface area (Å²) < 4.78 is 0. The summed E-state index contributed by atoms with van der Waals surface area (Å²) in [6, 6.07) is 5.28. The van der Waals surface area contributed by atoms with Gasteiger partial charge in [-0.2, -0.15) is 0 Å². The summed E-state index contributed by atoms with van der Waals surface area (Å²) in [7, 11) is 0.